The molecule has 1 unspecified atom stereocenters. The molecular formula is C16H32O3S. The predicted octanol–water partition coefficient (Wildman–Crippen LogP) is 4.45. The summed E-state index contributed by atoms with van der Waals surface area (Å²) in [6.07, 6.45) is 1.48. The highest BCUT2D eigenvalue weighted by Crippen LogP contribution is 2.27. The fraction of sp³-hybridized carbons (Fsp3) is 0.938. The van der Waals surface area contributed by atoms with E-state index >= 15 is 0 Å². The van der Waals surface area contributed by atoms with E-state index < -0.39 is 10.5 Å². The zero-order valence-electron chi connectivity index (χ0n) is 14.4. The van der Waals surface area contributed by atoms with E-state index in [2.05, 4.69) is 33.4 Å². The second-order valence-corrected chi connectivity index (χ2v) is 8.97. The molecule has 0 fully saturated rings. The van der Waals surface area contributed by atoms with Crippen molar-refractivity contribution in [2.45, 2.75) is 78.8 Å². The number of esters is 1. The molecule has 0 heterocycles. The smallest absolute Gasteiger partial charge is 0.309 e. The molecule has 0 rings (SSSR count). The first-order valence-electron chi connectivity index (χ1n) is 7.31. The molecule has 120 valence electrons. The predicted molar refractivity (Wildman–Crippen MR) is 87.0 cm³/mol. The molecule has 0 aromatic carbocycles. The summed E-state index contributed by atoms with van der Waals surface area (Å²) in [5.41, 5.74) is -0.385. The van der Waals surface area contributed by atoms with Gasteiger partial charge in [0.25, 0.3) is 0 Å². The second-order valence-electron chi connectivity index (χ2n) is 7.89. The summed E-state index contributed by atoms with van der Waals surface area (Å²) in [5.74, 6) is -0.216. The van der Waals surface area contributed by atoms with Crippen LogP contribution in [-0.2, 0) is 14.3 Å². The molecule has 0 radical (unpaired) electrons. The number of thiol groups is 1. The van der Waals surface area contributed by atoms with Crippen LogP contribution in [0.2, 0.25) is 0 Å². The summed E-state index contributed by atoms with van der Waals surface area (Å²) in [4.78, 5) is 11.7. The molecule has 4 heteroatoms. The maximum atomic E-state index is 12.1. The van der Waals surface area contributed by atoms with Gasteiger partial charge in [-0.05, 0) is 39.5 Å². The van der Waals surface area contributed by atoms with Crippen molar-refractivity contribution in [3.8, 4) is 0 Å². The molecular weight excluding hydrogens is 272 g/mol. The maximum Gasteiger partial charge on any atom is 0.309 e. The first kappa shape index (κ1) is 19.8. The topological polar surface area (TPSA) is 35.5 Å². The number of hydrogen-bond donors (Lipinski definition) is 1. The SMILES string of the molecule is CC(CC(C)(C)C)C(=O)OC(C)(C)CCOC(C)(C)S. The lowest BCUT2D eigenvalue weighted by atomic mass is 9.85. The highest BCUT2D eigenvalue weighted by molar-refractivity contribution is 7.81. The zero-order valence-corrected chi connectivity index (χ0v) is 15.3. The highest BCUT2D eigenvalue weighted by Gasteiger charge is 2.28. The number of ether oxygens (including phenoxy) is 2. The van der Waals surface area contributed by atoms with E-state index in [0.717, 1.165) is 6.42 Å². The maximum absolute atomic E-state index is 12.1. The van der Waals surface area contributed by atoms with Crippen LogP contribution in [0.15, 0.2) is 0 Å². The molecule has 0 aromatic rings. The van der Waals surface area contributed by atoms with Crippen LogP contribution in [0.3, 0.4) is 0 Å². The molecule has 0 saturated carbocycles. The Morgan fingerprint density at radius 2 is 1.60 bits per heavy atom. The lowest BCUT2D eigenvalue weighted by Gasteiger charge is -2.30. The minimum atomic E-state index is -0.512. The van der Waals surface area contributed by atoms with Gasteiger partial charge in [0.15, 0.2) is 0 Å². The Kier molecular flexibility index (Phi) is 7.09. The van der Waals surface area contributed by atoms with Gasteiger partial charge in [-0.3, -0.25) is 4.79 Å². The van der Waals surface area contributed by atoms with Crippen LogP contribution in [0, 0.1) is 11.3 Å². The van der Waals surface area contributed by atoms with Crippen LogP contribution in [-0.4, -0.2) is 23.1 Å². The molecule has 0 amide bonds. The van der Waals surface area contributed by atoms with E-state index in [0.29, 0.717) is 13.0 Å². The van der Waals surface area contributed by atoms with Crippen molar-refractivity contribution in [1.29, 1.82) is 0 Å². The molecule has 1 atom stereocenters. The molecule has 0 bridgehead atoms. The third-order valence-electron chi connectivity index (χ3n) is 2.86. The molecule has 0 aliphatic heterocycles. The standard InChI is InChI=1S/C16H32O3S/c1-12(11-14(2,3)4)13(17)19-15(5,6)9-10-18-16(7,8)20/h12,20H,9-11H2,1-8H3. The lowest BCUT2D eigenvalue weighted by Crippen LogP contribution is -2.34. The van der Waals surface area contributed by atoms with Gasteiger partial charge >= 0.3 is 5.97 Å². The zero-order chi connectivity index (χ0) is 16.2. The van der Waals surface area contributed by atoms with Crippen LogP contribution < -0.4 is 0 Å². The fourth-order valence-electron chi connectivity index (χ4n) is 1.97. The Hall–Kier alpha value is -0.220. The number of carbonyl (C=O) groups is 1. The van der Waals surface area contributed by atoms with Crippen molar-refractivity contribution in [2.24, 2.45) is 11.3 Å². The molecule has 0 N–H and O–H groups in total. The minimum Gasteiger partial charge on any atom is -0.459 e. The molecule has 0 aromatic heterocycles. The third-order valence-corrected chi connectivity index (χ3v) is 2.99. The van der Waals surface area contributed by atoms with Gasteiger partial charge in [-0.15, -0.1) is 12.6 Å². The lowest BCUT2D eigenvalue weighted by molar-refractivity contribution is -0.164. The summed E-state index contributed by atoms with van der Waals surface area (Å²) in [7, 11) is 0. The van der Waals surface area contributed by atoms with E-state index in [4.69, 9.17) is 9.47 Å². The van der Waals surface area contributed by atoms with Crippen LogP contribution in [0.1, 0.15) is 68.2 Å². The number of rotatable bonds is 7. The van der Waals surface area contributed by atoms with E-state index in [-0.39, 0.29) is 17.3 Å². The van der Waals surface area contributed by atoms with Crippen molar-refractivity contribution in [3.63, 3.8) is 0 Å². The summed E-state index contributed by atoms with van der Waals surface area (Å²) in [6.45, 7) is 16.5. The molecule has 0 spiro atoms. The van der Waals surface area contributed by atoms with Gasteiger partial charge in [0.1, 0.15) is 10.5 Å². The third kappa shape index (κ3) is 10.6. The normalized spacial score (nSPS) is 15.1. The van der Waals surface area contributed by atoms with Gasteiger partial charge in [-0.2, -0.15) is 0 Å². The number of hydrogen-bond acceptors (Lipinski definition) is 4. The molecule has 3 nitrogen and oxygen atoms in total. The van der Waals surface area contributed by atoms with Crippen LogP contribution >= 0.6 is 12.6 Å². The monoisotopic (exact) mass is 304 g/mol. The first-order valence-corrected chi connectivity index (χ1v) is 7.76. The first-order chi connectivity index (χ1) is 8.72. The molecule has 0 saturated heterocycles. The van der Waals surface area contributed by atoms with E-state index in [1.165, 1.54) is 0 Å². The Bertz CT molecular complexity index is 311. The largest absolute Gasteiger partial charge is 0.459 e. The van der Waals surface area contributed by atoms with Gasteiger partial charge in [0, 0.05) is 6.42 Å². The Labute approximate surface area is 130 Å². The average molecular weight is 304 g/mol. The second kappa shape index (κ2) is 7.17. The Morgan fingerprint density at radius 3 is 2.00 bits per heavy atom. The highest BCUT2D eigenvalue weighted by atomic mass is 32.1. The van der Waals surface area contributed by atoms with Gasteiger partial charge in [0.05, 0.1) is 12.5 Å². The number of carbonyl (C=O) groups excluding carboxylic acids is 1. The van der Waals surface area contributed by atoms with Crippen molar-refractivity contribution in [2.75, 3.05) is 6.61 Å². The van der Waals surface area contributed by atoms with E-state index in [1.807, 2.05) is 34.6 Å². The summed E-state index contributed by atoms with van der Waals surface area (Å²) in [6, 6.07) is 0. The van der Waals surface area contributed by atoms with Crippen molar-refractivity contribution < 1.29 is 14.3 Å². The summed E-state index contributed by atoms with van der Waals surface area (Å²) in [5, 5.41) is 0. The van der Waals surface area contributed by atoms with Crippen molar-refractivity contribution in [1.82, 2.24) is 0 Å². The van der Waals surface area contributed by atoms with Crippen LogP contribution in [0.25, 0.3) is 0 Å². The Balaban J connectivity index is 4.28. The average Bonchev–Trinajstić information content (AvgIpc) is 2.10. The quantitative estimate of drug-likeness (QED) is 0.429. The summed E-state index contributed by atoms with van der Waals surface area (Å²) >= 11 is 4.30. The van der Waals surface area contributed by atoms with Crippen molar-refractivity contribution >= 4 is 18.6 Å². The fourth-order valence-corrected chi connectivity index (χ4v) is 2.06. The van der Waals surface area contributed by atoms with Crippen molar-refractivity contribution in [3.05, 3.63) is 0 Å². The van der Waals surface area contributed by atoms with Crippen LogP contribution in [0.5, 0.6) is 0 Å². The molecule has 0 aliphatic carbocycles. The molecule has 20 heavy (non-hydrogen) atoms. The summed E-state index contributed by atoms with van der Waals surface area (Å²) < 4.78 is 11.2. The Morgan fingerprint density at radius 1 is 1.10 bits per heavy atom. The van der Waals surface area contributed by atoms with Gasteiger partial charge in [-0.25, -0.2) is 0 Å². The minimum absolute atomic E-state index is 0.0866. The van der Waals surface area contributed by atoms with Gasteiger partial charge in [-0.1, -0.05) is 27.7 Å². The van der Waals surface area contributed by atoms with Crippen LogP contribution in [0.4, 0.5) is 0 Å². The van der Waals surface area contributed by atoms with Gasteiger partial charge in [0.2, 0.25) is 0 Å². The van der Waals surface area contributed by atoms with Gasteiger partial charge < -0.3 is 9.47 Å². The molecule has 0 aliphatic rings. The van der Waals surface area contributed by atoms with E-state index in [1.54, 1.807) is 0 Å². The van der Waals surface area contributed by atoms with E-state index in [9.17, 15) is 4.79 Å².